The first kappa shape index (κ1) is 20.4. The average molecular weight is 424 g/mol. The molecule has 4 rings (SSSR count). The summed E-state index contributed by atoms with van der Waals surface area (Å²) >= 11 is 1.53. The van der Waals surface area contributed by atoms with Crippen LogP contribution in [-0.2, 0) is 12.0 Å². The molecule has 0 N–H and O–H groups in total. The molecule has 0 saturated heterocycles. The van der Waals surface area contributed by atoms with Crippen LogP contribution in [0.15, 0.2) is 56.8 Å². The van der Waals surface area contributed by atoms with E-state index in [0.717, 1.165) is 22.3 Å². The molecular weight excluding hydrogens is 398 g/mol. The zero-order valence-electron chi connectivity index (χ0n) is 17.8. The first-order valence-electron chi connectivity index (χ1n) is 9.84. The van der Waals surface area contributed by atoms with Crippen LogP contribution in [-0.4, -0.2) is 24.9 Å². The second-order valence-electron chi connectivity index (χ2n) is 8.24. The van der Waals surface area contributed by atoms with Crippen LogP contribution >= 0.6 is 11.8 Å². The fourth-order valence-corrected chi connectivity index (χ4v) is 3.98. The van der Waals surface area contributed by atoms with Crippen molar-refractivity contribution in [2.75, 3.05) is 0 Å². The molecule has 0 amide bonds. The molecule has 0 unspecified atom stereocenters. The highest BCUT2D eigenvalue weighted by atomic mass is 32.2. The molecule has 0 radical (unpaired) electrons. The van der Waals surface area contributed by atoms with Gasteiger partial charge < -0.3 is 8.94 Å². The van der Waals surface area contributed by atoms with Gasteiger partial charge in [-0.25, -0.2) is 0 Å². The van der Waals surface area contributed by atoms with Crippen molar-refractivity contribution in [1.29, 1.82) is 0 Å². The Morgan fingerprint density at radius 3 is 2.47 bits per heavy atom. The van der Waals surface area contributed by atoms with Gasteiger partial charge in [-0.1, -0.05) is 62.0 Å². The summed E-state index contributed by atoms with van der Waals surface area (Å²) in [5.74, 6) is 2.82. The maximum absolute atomic E-state index is 5.58. The van der Waals surface area contributed by atoms with Crippen LogP contribution in [0.5, 0.6) is 0 Å². The lowest BCUT2D eigenvalue weighted by Gasteiger charge is -2.19. The second-order valence-corrected chi connectivity index (χ2v) is 9.55. The van der Waals surface area contributed by atoms with E-state index in [1.165, 1.54) is 17.3 Å². The summed E-state index contributed by atoms with van der Waals surface area (Å²) < 4.78 is 13.0. The molecule has 1 aromatic carbocycles. The van der Waals surface area contributed by atoms with Crippen molar-refractivity contribution in [1.82, 2.24) is 24.9 Å². The number of hydrogen-bond donors (Lipinski definition) is 0. The van der Waals surface area contributed by atoms with Gasteiger partial charge in [0.25, 0.3) is 0 Å². The Labute approximate surface area is 179 Å². The quantitative estimate of drug-likeness (QED) is 0.382. The number of rotatable bonds is 6. The maximum atomic E-state index is 5.58. The van der Waals surface area contributed by atoms with Gasteiger partial charge in [0.05, 0.1) is 18.1 Å². The largest absolute Gasteiger partial charge is 0.467 e. The lowest BCUT2D eigenvalue weighted by atomic mass is 9.87. The molecule has 3 heterocycles. The van der Waals surface area contributed by atoms with E-state index in [0.29, 0.717) is 18.3 Å². The Balaban J connectivity index is 1.68. The summed E-state index contributed by atoms with van der Waals surface area (Å²) in [6.45, 7) is 11.0. The lowest BCUT2D eigenvalue weighted by molar-refractivity contribution is 0.376. The summed E-state index contributed by atoms with van der Waals surface area (Å²) in [6.07, 6.45) is 1.67. The van der Waals surface area contributed by atoms with Crippen LogP contribution in [0, 0.1) is 6.92 Å². The van der Waals surface area contributed by atoms with E-state index in [4.69, 9.17) is 8.94 Å². The van der Waals surface area contributed by atoms with Crippen molar-refractivity contribution in [3.05, 3.63) is 65.7 Å². The molecule has 0 aliphatic rings. The molecule has 3 aromatic heterocycles. The van der Waals surface area contributed by atoms with Gasteiger partial charge in [-0.15, -0.1) is 10.2 Å². The fourth-order valence-electron chi connectivity index (χ4n) is 3.10. The topological polar surface area (TPSA) is 82.8 Å². The minimum atomic E-state index is -0.0538. The van der Waals surface area contributed by atoms with Gasteiger partial charge in [0.2, 0.25) is 5.89 Å². The highest BCUT2D eigenvalue weighted by Crippen LogP contribution is 2.35. The van der Waals surface area contributed by atoms with E-state index in [2.05, 4.69) is 69.9 Å². The number of hydrogen-bond acceptors (Lipinski definition) is 7. The standard InChI is InChI=1S/C22H25N5O2S/c1-14(20-23-15(2)26-29-20)30-21-25-24-19(27(21)13-18-7-6-12-28-18)16-8-10-17(11-9-16)22(3,4)5/h6-12,14H,13H2,1-5H3/t14-/m1/s1. The SMILES string of the molecule is Cc1noc([C@@H](C)Sc2nnc(-c3ccc(C(C)(C)C)cc3)n2Cc2ccco2)n1. The molecule has 0 bridgehead atoms. The molecular formula is C22H25N5O2S. The number of furan rings is 1. The normalized spacial score (nSPS) is 13.0. The Kier molecular flexibility index (Phi) is 5.51. The van der Waals surface area contributed by atoms with Crippen LogP contribution in [0.25, 0.3) is 11.4 Å². The molecule has 1 atom stereocenters. The van der Waals surface area contributed by atoms with Gasteiger partial charge in [0.1, 0.15) is 5.76 Å². The molecule has 4 aromatic rings. The van der Waals surface area contributed by atoms with Crippen molar-refractivity contribution in [2.45, 2.75) is 57.0 Å². The van der Waals surface area contributed by atoms with Crippen molar-refractivity contribution >= 4 is 11.8 Å². The molecule has 0 fully saturated rings. The Morgan fingerprint density at radius 2 is 1.87 bits per heavy atom. The highest BCUT2D eigenvalue weighted by molar-refractivity contribution is 7.99. The van der Waals surface area contributed by atoms with E-state index in [-0.39, 0.29) is 10.7 Å². The first-order chi connectivity index (χ1) is 14.3. The van der Waals surface area contributed by atoms with Crippen LogP contribution < -0.4 is 0 Å². The Hall–Kier alpha value is -2.87. The monoisotopic (exact) mass is 423 g/mol. The minimum Gasteiger partial charge on any atom is -0.467 e. The summed E-state index contributed by atoms with van der Waals surface area (Å²) in [5.41, 5.74) is 2.38. The summed E-state index contributed by atoms with van der Waals surface area (Å²) in [7, 11) is 0. The van der Waals surface area contributed by atoms with Crippen LogP contribution in [0.1, 0.15) is 56.0 Å². The molecule has 0 aliphatic carbocycles. The van der Waals surface area contributed by atoms with E-state index in [9.17, 15) is 0 Å². The summed E-state index contributed by atoms with van der Waals surface area (Å²) in [5, 5.41) is 13.6. The predicted octanol–water partition coefficient (Wildman–Crippen LogP) is 5.43. The molecule has 156 valence electrons. The van der Waals surface area contributed by atoms with Crippen molar-refractivity contribution < 1.29 is 8.94 Å². The zero-order valence-corrected chi connectivity index (χ0v) is 18.6. The van der Waals surface area contributed by atoms with E-state index < -0.39 is 0 Å². The molecule has 0 aliphatic heterocycles. The Bertz CT molecular complexity index is 1110. The van der Waals surface area contributed by atoms with Crippen molar-refractivity contribution in [2.24, 2.45) is 0 Å². The van der Waals surface area contributed by atoms with Crippen LogP contribution in [0.3, 0.4) is 0 Å². The van der Waals surface area contributed by atoms with Crippen molar-refractivity contribution in [3.8, 4) is 11.4 Å². The zero-order chi connectivity index (χ0) is 21.3. The van der Waals surface area contributed by atoms with Crippen LogP contribution in [0.2, 0.25) is 0 Å². The van der Waals surface area contributed by atoms with Crippen LogP contribution in [0.4, 0.5) is 0 Å². The number of thioether (sulfide) groups is 1. The smallest absolute Gasteiger partial charge is 0.239 e. The third-order valence-corrected chi connectivity index (χ3v) is 5.86. The number of nitrogens with zero attached hydrogens (tertiary/aromatic N) is 5. The lowest BCUT2D eigenvalue weighted by Crippen LogP contribution is -2.10. The Morgan fingerprint density at radius 1 is 1.10 bits per heavy atom. The predicted molar refractivity (Wildman–Crippen MR) is 115 cm³/mol. The maximum Gasteiger partial charge on any atom is 0.239 e. The number of aryl methyl sites for hydroxylation is 1. The summed E-state index contributed by atoms with van der Waals surface area (Å²) in [4.78, 5) is 4.34. The van der Waals surface area contributed by atoms with Gasteiger partial charge >= 0.3 is 0 Å². The average Bonchev–Trinajstić information content (AvgIpc) is 3.44. The van der Waals surface area contributed by atoms with Gasteiger partial charge in [-0.05, 0) is 37.0 Å². The van der Waals surface area contributed by atoms with E-state index >= 15 is 0 Å². The second kappa shape index (κ2) is 8.10. The van der Waals surface area contributed by atoms with Gasteiger partial charge in [0, 0.05) is 5.56 Å². The molecule has 30 heavy (non-hydrogen) atoms. The summed E-state index contributed by atoms with van der Waals surface area (Å²) in [6, 6.07) is 12.3. The fraction of sp³-hybridized carbons (Fsp3) is 0.364. The number of benzene rings is 1. The van der Waals surface area contributed by atoms with Gasteiger partial charge in [-0.2, -0.15) is 4.98 Å². The van der Waals surface area contributed by atoms with Crippen molar-refractivity contribution in [3.63, 3.8) is 0 Å². The molecule has 8 heteroatoms. The molecule has 7 nitrogen and oxygen atoms in total. The van der Waals surface area contributed by atoms with Gasteiger partial charge in [-0.3, -0.25) is 4.57 Å². The van der Waals surface area contributed by atoms with E-state index in [1.807, 2.05) is 26.0 Å². The molecule has 0 spiro atoms. The first-order valence-corrected chi connectivity index (χ1v) is 10.7. The third kappa shape index (κ3) is 4.33. The third-order valence-electron chi connectivity index (χ3n) is 4.79. The van der Waals surface area contributed by atoms with Gasteiger partial charge in [0.15, 0.2) is 16.8 Å². The van der Waals surface area contributed by atoms with E-state index in [1.54, 1.807) is 6.26 Å². The minimum absolute atomic E-state index is 0.0538. The molecule has 0 saturated carbocycles. The highest BCUT2D eigenvalue weighted by Gasteiger charge is 2.22. The number of aromatic nitrogens is 5.